The summed E-state index contributed by atoms with van der Waals surface area (Å²) in [7, 11) is 1.33. The van der Waals surface area contributed by atoms with Gasteiger partial charge in [-0.2, -0.15) is 0 Å². The van der Waals surface area contributed by atoms with Gasteiger partial charge in [-0.25, -0.2) is 0 Å². The number of hydrogen-bond acceptors (Lipinski definition) is 3. The summed E-state index contributed by atoms with van der Waals surface area (Å²) in [6, 6.07) is 0. The van der Waals surface area contributed by atoms with E-state index >= 15 is 0 Å². The minimum absolute atomic E-state index is 0.00724. The Morgan fingerprint density at radius 2 is 2.23 bits per heavy atom. The SMILES string of the molecule is COC(=O)C(N)(C/C=C/Cl)C(C)C. The predicted octanol–water partition coefficient (Wildman–Crippen LogP) is 1.66. The van der Waals surface area contributed by atoms with Crippen molar-refractivity contribution in [1.82, 2.24) is 0 Å². The van der Waals surface area contributed by atoms with E-state index in [1.165, 1.54) is 12.6 Å². The predicted molar refractivity (Wildman–Crippen MR) is 53.4 cm³/mol. The first-order chi connectivity index (χ1) is 5.99. The van der Waals surface area contributed by atoms with Crippen LogP contribution in [0, 0.1) is 5.92 Å². The average Bonchev–Trinajstić information content (AvgIpc) is 2.12. The van der Waals surface area contributed by atoms with Gasteiger partial charge in [0.15, 0.2) is 0 Å². The van der Waals surface area contributed by atoms with Crippen molar-refractivity contribution in [2.75, 3.05) is 7.11 Å². The fraction of sp³-hybridized carbons (Fsp3) is 0.667. The highest BCUT2D eigenvalue weighted by atomic mass is 35.5. The average molecular weight is 206 g/mol. The van der Waals surface area contributed by atoms with Crippen LogP contribution in [0.3, 0.4) is 0 Å². The number of hydrogen-bond donors (Lipinski definition) is 1. The van der Waals surface area contributed by atoms with Crippen LogP contribution in [0.1, 0.15) is 20.3 Å². The molecule has 0 aromatic carbocycles. The molecule has 0 amide bonds. The molecule has 0 aliphatic heterocycles. The first-order valence-electron chi connectivity index (χ1n) is 4.11. The number of ether oxygens (including phenoxy) is 1. The lowest BCUT2D eigenvalue weighted by atomic mass is 9.84. The maximum absolute atomic E-state index is 11.4. The molecular formula is C9H16ClNO2. The van der Waals surface area contributed by atoms with Crippen molar-refractivity contribution in [3.05, 3.63) is 11.6 Å². The van der Waals surface area contributed by atoms with E-state index < -0.39 is 11.5 Å². The number of halogens is 1. The molecule has 0 saturated carbocycles. The van der Waals surface area contributed by atoms with Crippen molar-refractivity contribution in [3.63, 3.8) is 0 Å². The molecule has 1 unspecified atom stereocenters. The number of carbonyl (C=O) groups excluding carboxylic acids is 1. The lowest BCUT2D eigenvalue weighted by molar-refractivity contribution is -0.148. The van der Waals surface area contributed by atoms with E-state index in [0.717, 1.165) is 0 Å². The molecule has 0 radical (unpaired) electrons. The summed E-state index contributed by atoms with van der Waals surface area (Å²) in [5.74, 6) is -0.398. The number of methoxy groups -OCH3 is 1. The molecule has 0 bridgehead atoms. The van der Waals surface area contributed by atoms with Crippen LogP contribution in [-0.4, -0.2) is 18.6 Å². The Morgan fingerprint density at radius 3 is 2.54 bits per heavy atom. The Bertz CT molecular complexity index is 204. The first kappa shape index (κ1) is 12.5. The second kappa shape index (κ2) is 5.25. The third kappa shape index (κ3) is 3.01. The van der Waals surface area contributed by atoms with Crippen LogP contribution in [0.5, 0.6) is 0 Å². The first-order valence-corrected chi connectivity index (χ1v) is 4.55. The summed E-state index contributed by atoms with van der Waals surface area (Å²) < 4.78 is 4.63. The van der Waals surface area contributed by atoms with Crippen molar-refractivity contribution in [1.29, 1.82) is 0 Å². The van der Waals surface area contributed by atoms with Gasteiger partial charge in [0.2, 0.25) is 0 Å². The fourth-order valence-corrected chi connectivity index (χ4v) is 1.07. The molecule has 76 valence electrons. The molecule has 13 heavy (non-hydrogen) atoms. The summed E-state index contributed by atoms with van der Waals surface area (Å²) in [6.45, 7) is 3.75. The lowest BCUT2D eigenvalue weighted by Gasteiger charge is -2.29. The molecule has 1 atom stereocenters. The molecule has 0 heterocycles. The third-order valence-corrected chi connectivity index (χ3v) is 2.32. The highest BCUT2D eigenvalue weighted by molar-refractivity contribution is 6.25. The second-order valence-corrected chi connectivity index (χ2v) is 3.50. The van der Waals surface area contributed by atoms with Crippen molar-refractivity contribution in [2.24, 2.45) is 11.7 Å². The highest BCUT2D eigenvalue weighted by Crippen LogP contribution is 2.20. The summed E-state index contributed by atoms with van der Waals surface area (Å²) in [5.41, 5.74) is 6.28. The molecule has 0 aromatic rings. The topological polar surface area (TPSA) is 52.3 Å². The molecule has 0 aliphatic carbocycles. The molecule has 0 rings (SSSR count). The van der Waals surface area contributed by atoms with E-state index in [1.54, 1.807) is 6.08 Å². The standard InChI is InChI=1S/C9H16ClNO2/c1-7(2)9(11,5-4-6-10)8(12)13-3/h4,6-7H,5,11H2,1-3H3/b6-4+. The van der Waals surface area contributed by atoms with Gasteiger partial charge in [0, 0.05) is 5.54 Å². The van der Waals surface area contributed by atoms with E-state index in [4.69, 9.17) is 17.3 Å². The quantitative estimate of drug-likeness (QED) is 0.711. The van der Waals surface area contributed by atoms with Crippen LogP contribution in [-0.2, 0) is 9.53 Å². The molecule has 0 saturated heterocycles. The number of esters is 1. The van der Waals surface area contributed by atoms with E-state index in [0.29, 0.717) is 6.42 Å². The van der Waals surface area contributed by atoms with Crippen molar-refractivity contribution in [2.45, 2.75) is 25.8 Å². The fourth-order valence-electron chi connectivity index (χ4n) is 0.984. The molecule has 2 N–H and O–H groups in total. The lowest BCUT2D eigenvalue weighted by Crippen LogP contribution is -2.52. The van der Waals surface area contributed by atoms with Crippen molar-refractivity contribution < 1.29 is 9.53 Å². The van der Waals surface area contributed by atoms with Gasteiger partial charge in [0.25, 0.3) is 0 Å². The summed E-state index contributed by atoms with van der Waals surface area (Å²) in [5, 5.41) is 0. The molecule has 0 fully saturated rings. The monoisotopic (exact) mass is 205 g/mol. The maximum atomic E-state index is 11.4. The van der Waals surface area contributed by atoms with Gasteiger partial charge in [0.1, 0.15) is 5.54 Å². The Labute approximate surface area is 83.9 Å². The zero-order valence-electron chi connectivity index (χ0n) is 8.21. The smallest absolute Gasteiger partial charge is 0.326 e. The third-order valence-electron chi connectivity index (χ3n) is 2.14. The second-order valence-electron chi connectivity index (χ2n) is 3.25. The number of nitrogens with two attached hydrogens (primary N) is 1. The summed E-state index contributed by atoms with van der Waals surface area (Å²) in [6.07, 6.45) is 2.04. The Kier molecular flexibility index (Phi) is 5.03. The minimum Gasteiger partial charge on any atom is -0.468 e. The largest absolute Gasteiger partial charge is 0.468 e. The van der Waals surface area contributed by atoms with Crippen LogP contribution in [0.2, 0.25) is 0 Å². The Morgan fingerprint density at radius 1 is 1.69 bits per heavy atom. The van der Waals surface area contributed by atoms with Gasteiger partial charge in [0.05, 0.1) is 7.11 Å². The van der Waals surface area contributed by atoms with Crippen molar-refractivity contribution in [3.8, 4) is 0 Å². The zero-order valence-corrected chi connectivity index (χ0v) is 8.97. The van der Waals surface area contributed by atoms with Gasteiger partial charge in [-0.1, -0.05) is 31.5 Å². The highest BCUT2D eigenvalue weighted by Gasteiger charge is 2.37. The van der Waals surface area contributed by atoms with E-state index in [1.807, 2.05) is 13.8 Å². The van der Waals surface area contributed by atoms with E-state index in [-0.39, 0.29) is 5.92 Å². The Hall–Kier alpha value is -0.540. The maximum Gasteiger partial charge on any atom is 0.326 e. The van der Waals surface area contributed by atoms with Gasteiger partial charge >= 0.3 is 5.97 Å². The van der Waals surface area contributed by atoms with Crippen LogP contribution in [0.4, 0.5) is 0 Å². The van der Waals surface area contributed by atoms with Crippen LogP contribution in [0.15, 0.2) is 11.6 Å². The summed E-state index contributed by atoms with van der Waals surface area (Å²) >= 11 is 5.37. The summed E-state index contributed by atoms with van der Waals surface area (Å²) in [4.78, 5) is 11.4. The van der Waals surface area contributed by atoms with Gasteiger partial charge in [-0.3, -0.25) is 4.79 Å². The van der Waals surface area contributed by atoms with E-state index in [2.05, 4.69) is 4.74 Å². The molecule has 0 aromatic heterocycles. The molecule has 4 heteroatoms. The Balaban J connectivity index is 4.62. The molecule has 0 aliphatic rings. The zero-order chi connectivity index (χ0) is 10.5. The normalized spacial score (nSPS) is 16.2. The minimum atomic E-state index is -0.972. The van der Waals surface area contributed by atoms with Gasteiger partial charge in [-0.05, 0) is 12.3 Å². The van der Waals surface area contributed by atoms with Gasteiger partial charge in [-0.15, -0.1) is 0 Å². The van der Waals surface area contributed by atoms with Crippen molar-refractivity contribution >= 4 is 17.6 Å². The number of rotatable bonds is 4. The van der Waals surface area contributed by atoms with Crippen LogP contribution in [0.25, 0.3) is 0 Å². The van der Waals surface area contributed by atoms with Crippen LogP contribution >= 0.6 is 11.6 Å². The van der Waals surface area contributed by atoms with Crippen LogP contribution < -0.4 is 5.73 Å². The molecule has 0 spiro atoms. The molecular weight excluding hydrogens is 190 g/mol. The number of carbonyl (C=O) groups is 1. The van der Waals surface area contributed by atoms with Gasteiger partial charge < -0.3 is 10.5 Å². The molecule has 3 nitrogen and oxygen atoms in total. The van der Waals surface area contributed by atoms with E-state index in [9.17, 15) is 4.79 Å².